The predicted octanol–water partition coefficient (Wildman–Crippen LogP) is 3.74. The van der Waals surface area contributed by atoms with Crippen molar-refractivity contribution in [1.29, 1.82) is 0 Å². The maximum Gasteiger partial charge on any atom is 0.264 e. The zero-order chi connectivity index (χ0) is 17.9. The molecule has 0 spiro atoms. The quantitative estimate of drug-likeness (QED) is 0.686. The summed E-state index contributed by atoms with van der Waals surface area (Å²) in [6.45, 7) is 2.82. The lowest BCUT2D eigenvalue weighted by Gasteiger charge is -2.24. The summed E-state index contributed by atoms with van der Waals surface area (Å²) in [6, 6.07) is 5.94. The molecule has 4 rings (SSSR count). The molecule has 1 saturated heterocycles. The lowest BCUT2D eigenvalue weighted by molar-refractivity contribution is 0.0734. The predicted molar refractivity (Wildman–Crippen MR) is 99.0 cm³/mol. The second-order valence-electron chi connectivity index (χ2n) is 6.52. The van der Waals surface area contributed by atoms with Gasteiger partial charge < -0.3 is 9.42 Å². The van der Waals surface area contributed by atoms with Gasteiger partial charge in [-0.3, -0.25) is 9.78 Å². The highest BCUT2D eigenvalue weighted by atomic mass is 32.1. The fourth-order valence-electron chi connectivity index (χ4n) is 3.39. The molecule has 3 aromatic rings. The van der Waals surface area contributed by atoms with Gasteiger partial charge in [0.2, 0.25) is 0 Å². The van der Waals surface area contributed by atoms with E-state index in [1.165, 1.54) is 11.3 Å². The Kier molecular flexibility index (Phi) is 4.79. The summed E-state index contributed by atoms with van der Waals surface area (Å²) in [4.78, 5) is 24.2. The van der Waals surface area contributed by atoms with Crippen LogP contribution in [-0.4, -0.2) is 38.5 Å². The molecular formula is C19H20N4O2S. The van der Waals surface area contributed by atoms with Gasteiger partial charge in [0.1, 0.15) is 0 Å². The van der Waals surface area contributed by atoms with Gasteiger partial charge >= 0.3 is 0 Å². The molecule has 0 N–H and O–H groups in total. The number of carbonyl (C=O) groups is 1. The fourth-order valence-corrected chi connectivity index (χ4v) is 4.27. The molecule has 1 atom stereocenters. The van der Waals surface area contributed by atoms with Crippen LogP contribution in [0.1, 0.15) is 40.3 Å². The van der Waals surface area contributed by atoms with E-state index in [9.17, 15) is 4.79 Å². The van der Waals surface area contributed by atoms with E-state index in [4.69, 9.17) is 4.52 Å². The summed E-state index contributed by atoms with van der Waals surface area (Å²) in [7, 11) is 0. The number of carbonyl (C=O) groups excluding carboxylic acids is 1. The molecule has 0 bridgehead atoms. The molecule has 7 heteroatoms. The molecule has 1 fully saturated rings. The fraction of sp³-hybridized carbons (Fsp3) is 0.368. The van der Waals surface area contributed by atoms with Crippen molar-refractivity contribution in [3.05, 3.63) is 52.2 Å². The van der Waals surface area contributed by atoms with Crippen LogP contribution >= 0.6 is 11.3 Å². The number of aryl methyl sites for hydroxylation is 2. The van der Waals surface area contributed by atoms with Gasteiger partial charge in [0, 0.05) is 37.0 Å². The maximum absolute atomic E-state index is 12.8. The molecule has 1 unspecified atom stereocenters. The van der Waals surface area contributed by atoms with Crippen LogP contribution in [0.3, 0.4) is 0 Å². The number of pyridine rings is 1. The zero-order valence-corrected chi connectivity index (χ0v) is 15.4. The number of amides is 1. The van der Waals surface area contributed by atoms with E-state index >= 15 is 0 Å². The van der Waals surface area contributed by atoms with Gasteiger partial charge in [-0.15, -0.1) is 11.3 Å². The Balaban J connectivity index is 1.40. The average molecular weight is 368 g/mol. The molecule has 26 heavy (non-hydrogen) atoms. The summed E-state index contributed by atoms with van der Waals surface area (Å²) in [6.07, 6.45) is 7.04. The van der Waals surface area contributed by atoms with Gasteiger partial charge in [-0.2, -0.15) is 4.98 Å². The minimum atomic E-state index is 0.158. The highest BCUT2D eigenvalue weighted by Crippen LogP contribution is 2.27. The van der Waals surface area contributed by atoms with E-state index in [0.717, 1.165) is 41.8 Å². The first-order valence-corrected chi connectivity index (χ1v) is 9.68. The van der Waals surface area contributed by atoms with Crippen LogP contribution in [0.25, 0.3) is 11.5 Å². The lowest BCUT2D eigenvalue weighted by atomic mass is 10.1. The van der Waals surface area contributed by atoms with Crippen LogP contribution in [0, 0.1) is 6.92 Å². The molecule has 0 aromatic carbocycles. The number of thiophene rings is 1. The SMILES string of the molecule is Cc1ccsc1C(=O)N1CCCC1CCc1noc(-c2ccncc2)n1. The summed E-state index contributed by atoms with van der Waals surface area (Å²) < 4.78 is 5.35. The first kappa shape index (κ1) is 16.9. The van der Waals surface area contributed by atoms with E-state index in [0.29, 0.717) is 18.1 Å². The van der Waals surface area contributed by atoms with Crippen molar-refractivity contribution in [2.75, 3.05) is 6.54 Å². The Labute approximate surface area is 155 Å². The highest BCUT2D eigenvalue weighted by Gasteiger charge is 2.30. The van der Waals surface area contributed by atoms with Gasteiger partial charge in [0.25, 0.3) is 11.8 Å². The molecule has 134 valence electrons. The third-order valence-electron chi connectivity index (χ3n) is 4.79. The number of hydrogen-bond acceptors (Lipinski definition) is 6. The Morgan fingerprint density at radius 3 is 2.96 bits per heavy atom. The second kappa shape index (κ2) is 7.37. The van der Waals surface area contributed by atoms with Crippen molar-refractivity contribution in [2.24, 2.45) is 0 Å². The average Bonchev–Trinajstić information content (AvgIpc) is 3.41. The molecule has 4 heterocycles. The van der Waals surface area contributed by atoms with Crippen LogP contribution in [0.2, 0.25) is 0 Å². The standard InChI is InChI=1S/C19H20N4O2S/c1-13-8-12-26-17(13)19(24)23-11-2-3-15(23)4-5-16-21-18(25-22-16)14-6-9-20-10-7-14/h6-10,12,15H,2-5,11H2,1H3. The third kappa shape index (κ3) is 3.39. The van der Waals surface area contributed by atoms with Gasteiger partial charge in [0.05, 0.1) is 4.88 Å². The van der Waals surface area contributed by atoms with E-state index in [1.54, 1.807) is 12.4 Å². The lowest BCUT2D eigenvalue weighted by Crippen LogP contribution is -2.35. The molecule has 0 radical (unpaired) electrons. The third-order valence-corrected chi connectivity index (χ3v) is 5.80. The first-order valence-electron chi connectivity index (χ1n) is 8.80. The summed E-state index contributed by atoms with van der Waals surface area (Å²) >= 11 is 1.53. The maximum atomic E-state index is 12.8. The molecule has 1 amide bonds. The Hall–Kier alpha value is -2.54. The first-order chi connectivity index (χ1) is 12.7. The summed E-state index contributed by atoms with van der Waals surface area (Å²) in [5.74, 6) is 1.35. The monoisotopic (exact) mass is 368 g/mol. The van der Waals surface area contributed by atoms with E-state index in [1.807, 2.05) is 35.4 Å². The molecular weight excluding hydrogens is 348 g/mol. The smallest absolute Gasteiger partial charge is 0.264 e. The van der Waals surface area contributed by atoms with Crippen molar-refractivity contribution >= 4 is 17.2 Å². The van der Waals surface area contributed by atoms with Crippen molar-refractivity contribution in [3.8, 4) is 11.5 Å². The number of likely N-dealkylation sites (tertiary alicyclic amines) is 1. The minimum absolute atomic E-state index is 0.158. The minimum Gasteiger partial charge on any atom is -0.335 e. The Bertz CT molecular complexity index is 890. The van der Waals surface area contributed by atoms with E-state index < -0.39 is 0 Å². The van der Waals surface area contributed by atoms with Gasteiger partial charge in [-0.25, -0.2) is 0 Å². The van der Waals surface area contributed by atoms with E-state index in [-0.39, 0.29) is 11.9 Å². The molecule has 1 aliphatic rings. The largest absolute Gasteiger partial charge is 0.335 e. The number of rotatable bonds is 5. The van der Waals surface area contributed by atoms with Crippen molar-refractivity contribution in [2.45, 2.75) is 38.6 Å². The topological polar surface area (TPSA) is 72.1 Å². The van der Waals surface area contributed by atoms with Crippen molar-refractivity contribution < 1.29 is 9.32 Å². The molecule has 6 nitrogen and oxygen atoms in total. The van der Waals surface area contributed by atoms with Crippen LogP contribution in [0.4, 0.5) is 0 Å². The van der Waals surface area contributed by atoms with Crippen LogP contribution in [-0.2, 0) is 6.42 Å². The van der Waals surface area contributed by atoms with Crippen molar-refractivity contribution in [3.63, 3.8) is 0 Å². The highest BCUT2D eigenvalue weighted by molar-refractivity contribution is 7.12. The van der Waals surface area contributed by atoms with Gasteiger partial charge in [-0.1, -0.05) is 5.16 Å². The second-order valence-corrected chi connectivity index (χ2v) is 7.43. The normalized spacial score (nSPS) is 17.0. The Morgan fingerprint density at radius 1 is 1.35 bits per heavy atom. The number of nitrogens with zero attached hydrogens (tertiary/aromatic N) is 4. The summed E-state index contributed by atoms with van der Waals surface area (Å²) in [5, 5.41) is 6.06. The zero-order valence-electron chi connectivity index (χ0n) is 14.6. The molecule has 0 aliphatic carbocycles. The number of hydrogen-bond donors (Lipinski definition) is 0. The van der Waals surface area contributed by atoms with E-state index in [2.05, 4.69) is 15.1 Å². The molecule has 3 aromatic heterocycles. The number of aromatic nitrogens is 3. The van der Waals surface area contributed by atoms with Crippen LogP contribution in [0.15, 0.2) is 40.5 Å². The Morgan fingerprint density at radius 2 is 2.19 bits per heavy atom. The van der Waals surface area contributed by atoms with Crippen molar-refractivity contribution in [1.82, 2.24) is 20.0 Å². The molecule has 1 aliphatic heterocycles. The van der Waals surface area contributed by atoms with Crippen LogP contribution < -0.4 is 0 Å². The van der Waals surface area contributed by atoms with Gasteiger partial charge in [0.15, 0.2) is 5.82 Å². The van der Waals surface area contributed by atoms with Gasteiger partial charge in [-0.05, 0) is 55.3 Å². The molecule has 0 saturated carbocycles. The van der Waals surface area contributed by atoms with Crippen LogP contribution in [0.5, 0.6) is 0 Å². The summed E-state index contributed by atoms with van der Waals surface area (Å²) in [5.41, 5.74) is 1.93.